The summed E-state index contributed by atoms with van der Waals surface area (Å²) in [6, 6.07) is 22.1. The number of likely N-dealkylation sites (N-methyl/N-ethyl adjacent to an activating group) is 1. The first-order valence-corrected chi connectivity index (χ1v) is 33.7. The lowest BCUT2D eigenvalue weighted by molar-refractivity contribution is -0.122. The van der Waals surface area contributed by atoms with Crippen LogP contribution in [-0.4, -0.2) is 161 Å². The van der Waals surface area contributed by atoms with Gasteiger partial charge in [0, 0.05) is 150 Å². The number of nitrogens with zero attached hydrogens (tertiary/aromatic N) is 6. The number of fused-ring (bicyclic) bond motifs is 1. The molecule has 0 radical (unpaired) electrons. The zero-order valence-corrected chi connectivity index (χ0v) is 57.0. The van der Waals surface area contributed by atoms with Gasteiger partial charge in [0.2, 0.25) is 11.8 Å². The van der Waals surface area contributed by atoms with Crippen molar-refractivity contribution in [1.29, 1.82) is 5.41 Å². The highest BCUT2D eigenvalue weighted by Crippen LogP contribution is 2.39. The number of ether oxygens (including phenoxy) is 5. The molecule has 4 aromatic carbocycles. The number of methoxy groups -OCH3 is 2. The number of benzene rings is 4. The van der Waals surface area contributed by atoms with Crippen molar-refractivity contribution >= 4 is 62.2 Å². The number of piperazine rings is 1. The predicted molar refractivity (Wildman–Crippen MR) is 370 cm³/mol. The molecule has 0 atom stereocenters. The Kier molecular flexibility index (Phi) is 25.3. The van der Waals surface area contributed by atoms with Crippen molar-refractivity contribution in [3.8, 4) is 45.6 Å². The molecule has 7 aromatic rings. The number of aromatic amines is 1. The van der Waals surface area contributed by atoms with E-state index in [9.17, 15) is 32.4 Å². The summed E-state index contributed by atoms with van der Waals surface area (Å²) < 4.78 is 62.6. The average molecular weight is 1330 g/mol. The van der Waals surface area contributed by atoms with Gasteiger partial charge >= 0.3 is 5.69 Å². The van der Waals surface area contributed by atoms with E-state index in [1.807, 2.05) is 70.8 Å². The Morgan fingerprint density at radius 1 is 0.747 bits per heavy atom. The van der Waals surface area contributed by atoms with E-state index in [4.69, 9.17) is 34.1 Å². The van der Waals surface area contributed by atoms with Crippen molar-refractivity contribution in [2.75, 3.05) is 108 Å². The molecule has 1 fully saturated rings. The summed E-state index contributed by atoms with van der Waals surface area (Å²) in [4.78, 5) is 79.1. The van der Waals surface area contributed by atoms with Gasteiger partial charge in [0.25, 0.3) is 21.5 Å². The fraction of sp³-hybridized carbons (Fsp3) is 0.435. The number of nitrogens with one attached hydrogen (secondary N) is 7. The second-order valence-electron chi connectivity index (χ2n) is 24.0. The van der Waals surface area contributed by atoms with Gasteiger partial charge in [-0.25, -0.2) is 18.2 Å². The first kappa shape index (κ1) is 71.4. The van der Waals surface area contributed by atoms with Gasteiger partial charge in [-0.15, -0.1) is 0 Å². The SMILES string of the molecule is CCCOc1cc(OCCCCN(C)CC(=O)NCCCCCC(=O)NCCN2CCN(c3ccc(-c4cc(NC(C)C)c(C=N)c(C(=O)NCc5c(C)cc(C)[nH]c5=O)c4)cn3)CC2)cc(Oc2cc3c(cc2NS(=O)(=O)c2ccc(OC)c(OC)c2)n(C)c(=O)n3C)c1. The molecule has 4 heterocycles. The Morgan fingerprint density at radius 3 is 2.13 bits per heavy atom. The maximum absolute atomic E-state index is 13.9. The third-order valence-corrected chi connectivity index (χ3v) is 17.7. The van der Waals surface area contributed by atoms with Gasteiger partial charge in [0.1, 0.15) is 23.1 Å². The smallest absolute Gasteiger partial charge is 0.328 e. The van der Waals surface area contributed by atoms with Gasteiger partial charge in [-0.1, -0.05) is 13.3 Å². The molecular weight excluding hydrogens is 1230 g/mol. The minimum atomic E-state index is -4.22. The zero-order valence-electron chi connectivity index (χ0n) is 56.2. The number of aryl methyl sites for hydroxylation is 4. The van der Waals surface area contributed by atoms with E-state index in [1.54, 1.807) is 56.7 Å². The number of imidazole rings is 1. The lowest BCUT2D eigenvalue weighted by Crippen LogP contribution is -2.48. The first-order valence-electron chi connectivity index (χ1n) is 32.2. The molecule has 0 saturated carbocycles. The molecule has 95 heavy (non-hydrogen) atoms. The van der Waals surface area contributed by atoms with Crippen LogP contribution in [0.4, 0.5) is 17.2 Å². The third-order valence-electron chi connectivity index (χ3n) is 16.3. The minimum absolute atomic E-state index is 0.0129. The number of aromatic nitrogens is 4. The number of H-pyrrole nitrogens is 1. The Hall–Kier alpha value is -9.40. The summed E-state index contributed by atoms with van der Waals surface area (Å²) >= 11 is 0. The third kappa shape index (κ3) is 19.4. The molecule has 0 unspecified atom stereocenters. The molecule has 0 bridgehead atoms. The van der Waals surface area contributed by atoms with Gasteiger partial charge in [-0.05, 0) is 133 Å². The number of amides is 3. The number of sulfonamides is 1. The molecule has 510 valence electrons. The molecule has 0 spiro atoms. The van der Waals surface area contributed by atoms with Crippen molar-refractivity contribution in [3.05, 3.63) is 134 Å². The van der Waals surface area contributed by atoms with E-state index in [0.717, 1.165) is 93.0 Å². The quantitative estimate of drug-likeness (QED) is 0.0146. The van der Waals surface area contributed by atoms with Crippen LogP contribution in [0.1, 0.15) is 98.5 Å². The van der Waals surface area contributed by atoms with Crippen LogP contribution in [0.3, 0.4) is 0 Å². The standard InChI is InChI=1S/C69H91N13O12S/c1-11-30-92-50-35-51(37-52(36-50)94-62-40-60-59(79(7)69(87)80(60)8)39-58(62)77-95(88,89)53-19-20-61(90-9)63(38-53)91-10)93-31-16-15-24-78(6)44-66(84)71-22-14-12-13-17-65(83)72-23-25-81-26-28-82(29-27-81)64-21-18-48(42-73-64)49-33-54(55(41-70)57(34-49)75-45(2)3)67(85)74-43-56-46(4)32-47(5)76-68(56)86/h18-21,32-42,45,70,75,77H,11-17,22-31,43-44H2,1-10H3,(H,71,84)(H,72,83)(H,74,85)(H,76,86). The van der Waals surface area contributed by atoms with Gasteiger partial charge in [-0.3, -0.25) is 42.8 Å². The normalized spacial score (nSPS) is 12.6. The number of carbonyl (C=O) groups is 3. The lowest BCUT2D eigenvalue weighted by atomic mass is 9.97. The van der Waals surface area contributed by atoms with E-state index in [2.05, 4.69) is 40.8 Å². The minimum Gasteiger partial charge on any atom is -0.493 e. The average Bonchev–Trinajstić information content (AvgIpc) is 1.75. The van der Waals surface area contributed by atoms with E-state index < -0.39 is 15.9 Å². The lowest BCUT2D eigenvalue weighted by Gasteiger charge is -2.35. The van der Waals surface area contributed by atoms with Crippen LogP contribution in [0.2, 0.25) is 0 Å². The van der Waals surface area contributed by atoms with E-state index in [0.29, 0.717) is 102 Å². The molecule has 1 saturated heterocycles. The molecule has 0 aliphatic carbocycles. The van der Waals surface area contributed by atoms with Crippen LogP contribution in [-0.2, 0) is 40.3 Å². The van der Waals surface area contributed by atoms with E-state index >= 15 is 0 Å². The second kappa shape index (κ2) is 33.6. The number of unbranched alkanes of at least 4 members (excludes halogenated alkanes) is 3. The fourth-order valence-corrected chi connectivity index (χ4v) is 12.3. The molecule has 1 aliphatic rings. The first-order chi connectivity index (χ1) is 45.6. The predicted octanol–water partition coefficient (Wildman–Crippen LogP) is 8.10. The summed E-state index contributed by atoms with van der Waals surface area (Å²) in [7, 11) is 3.77. The highest BCUT2D eigenvalue weighted by atomic mass is 32.2. The molecular formula is C69H91N13O12S. The van der Waals surface area contributed by atoms with Crippen LogP contribution in [0.25, 0.3) is 22.2 Å². The number of anilines is 3. The topological polar surface area (TPSA) is 298 Å². The maximum atomic E-state index is 13.9. The molecule has 25 nitrogen and oxygen atoms in total. The van der Waals surface area contributed by atoms with Crippen molar-refractivity contribution in [1.82, 2.24) is 44.9 Å². The summed E-state index contributed by atoms with van der Waals surface area (Å²) in [6.45, 7) is 16.4. The number of pyridine rings is 2. The van der Waals surface area contributed by atoms with Crippen LogP contribution in [0.15, 0.2) is 99.5 Å². The van der Waals surface area contributed by atoms with Crippen LogP contribution in [0.5, 0.6) is 34.5 Å². The molecule has 3 amide bonds. The molecule has 8 rings (SSSR count). The largest absolute Gasteiger partial charge is 0.493 e. The monoisotopic (exact) mass is 1330 g/mol. The second-order valence-corrected chi connectivity index (χ2v) is 25.7. The number of hydrogen-bond acceptors (Lipinski definition) is 18. The summed E-state index contributed by atoms with van der Waals surface area (Å²) in [6.07, 6.45) is 7.88. The van der Waals surface area contributed by atoms with E-state index in [-0.39, 0.29) is 64.3 Å². The zero-order chi connectivity index (χ0) is 68.3. The van der Waals surface area contributed by atoms with Crippen molar-refractivity contribution in [3.63, 3.8) is 0 Å². The number of rotatable bonds is 35. The Balaban J connectivity index is 0.713. The molecule has 3 aromatic heterocycles. The fourth-order valence-electron chi connectivity index (χ4n) is 11.2. The highest BCUT2D eigenvalue weighted by molar-refractivity contribution is 7.92. The Bertz CT molecular complexity index is 4070. The Morgan fingerprint density at radius 2 is 1.45 bits per heavy atom. The van der Waals surface area contributed by atoms with Crippen molar-refractivity contribution in [2.45, 2.75) is 97.0 Å². The van der Waals surface area contributed by atoms with Crippen LogP contribution >= 0.6 is 0 Å². The Labute approximate surface area is 555 Å². The summed E-state index contributed by atoms with van der Waals surface area (Å²) in [5.74, 6) is 2.36. The van der Waals surface area contributed by atoms with Crippen molar-refractivity contribution < 1.29 is 46.5 Å². The maximum Gasteiger partial charge on any atom is 0.328 e. The van der Waals surface area contributed by atoms with E-state index in [1.165, 1.54) is 47.8 Å². The van der Waals surface area contributed by atoms with Gasteiger partial charge in [0.05, 0.1) is 61.2 Å². The van der Waals surface area contributed by atoms with Gasteiger partial charge < -0.3 is 60.2 Å². The molecule has 7 N–H and O–H groups in total. The van der Waals surface area contributed by atoms with Crippen LogP contribution in [0, 0.1) is 19.3 Å². The number of hydrogen-bond donors (Lipinski definition) is 7. The highest BCUT2D eigenvalue weighted by Gasteiger charge is 2.25. The molecule has 1 aliphatic heterocycles. The summed E-state index contributed by atoms with van der Waals surface area (Å²) in [5, 5.41) is 20.6. The van der Waals surface area contributed by atoms with Crippen LogP contribution < -0.4 is 65.8 Å². The van der Waals surface area contributed by atoms with Gasteiger partial charge in [0.15, 0.2) is 17.2 Å². The van der Waals surface area contributed by atoms with Crippen molar-refractivity contribution in [2.24, 2.45) is 14.1 Å². The summed E-state index contributed by atoms with van der Waals surface area (Å²) in [5.41, 5.74) is 5.51. The van der Waals surface area contributed by atoms with Gasteiger partial charge in [-0.2, -0.15) is 0 Å². The molecule has 26 heteroatoms. The number of carbonyl (C=O) groups excluding carboxylic acids is 3.